The van der Waals surface area contributed by atoms with Crippen molar-refractivity contribution in [1.29, 1.82) is 0 Å². The van der Waals surface area contributed by atoms with Gasteiger partial charge >= 0.3 is 5.97 Å². The lowest BCUT2D eigenvalue weighted by Crippen LogP contribution is -2.12. The molecule has 0 aliphatic carbocycles. The fourth-order valence-electron chi connectivity index (χ4n) is 2.87. The molecule has 0 saturated carbocycles. The Hall–Kier alpha value is -3.67. The molecule has 142 valence electrons. The van der Waals surface area contributed by atoms with Gasteiger partial charge in [0.15, 0.2) is 0 Å². The van der Waals surface area contributed by atoms with Crippen LogP contribution >= 0.6 is 0 Å². The molecule has 2 N–H and O–H groups in total. The number of nitrogens with zero attached hydrogens (tertiary/aromatic N) is 1. The van der Waals surface area contributed by atoms with Crippen LogP contribution in [0.3, 0.4) is 0 Å². The topological polar surface area (TPSA) is 80.3 Å². The van der Waals surface area contributed by atoms with Crippen LogP contribution in [0.5, 0.6) is 0 Å². The Morgan fingerprint density at radius 3 is 2.32 bits per heavy atom. The maximum atomic E-state index is 12.5. The molecule has 0 unspecified atom stereocenters. The van der Waals surface area contributed by atoms with Crippen molar-refractivity contribution in [2.45, 2.75) is 13.8 Å². The zero-order valence-corrected chi connectivity index (χ0v) is 15.9. The summed E-state index contributed by atoms with van der Waals surface area (Å²) >= 11 is 0. The van der Waals surface area contributed by atoms with E-state index in [9.17, 15) is 9.59 Å². The standard InChI is InChI=1S/C22H21N3O3/c1-14-10-15(2)12-17(11-14)24-21(26)16-8-9-20(23-13-16)25-19-7-5-4-6-18(19)22(27)28-3/h4-13H,1-3H3,(H,23,25)(H,24,26). The lowest BCUT2D eigenvalue weighted by atomic mass is 10.1. The normalized spacial score (nSPS) is 10.2. The molecule has 0 radical (unpaired) electrons. The van der Waals surface area contributed by atoms with E-state index in [0.717, 1.165) is 16.8 Å². The molecule has 2 aromatic carbocycles. The van der Waals surface area contributed by atoms with Crippen molar-refractivity contribution >= 4 is 29.1 Å². The lowest BCUT2D eigenvalue weighted by Gasteiger charge is -2.11. The first kappa shape index (κ1) is 19.1. The number of amides is 1. The number of hydrogen-bond acceptors (Lipinski definition) is 5. The number of esters is 1. The number of aromatic nitrogens is 1. The number of para-hydroxylation sites is 1. The molecular weight excluding hydrogens is 354 g/mol. The highest BCUT2D eigenvalue weighted by Gasteiger charge is 2.12. The van der Waals surface area contributed by atoms with Gasteiger partial charge in [-0.15, -0.1) is 0 Å². The molecular formula is C22H21N3O3. The lowest BCUT2D eigenvalue weighted by molar-refractivity contribution is 0.0601. The minimum atomic E-state index is -0.437. The van der Waals surface area contributed by atoms with Crippen LogP contribution < -0.4 is 10.6 Å². The van der Waals surface area contributed by atoms with Crippen LogP contribution in [0.25, 0.3) is 0 Å². The second kappa shape index (κ2) is 8.35. The zero-order chi connectivity index (χ0) is 20.1. The molecule has 6 nitrogen and oxygen atoms in total. The number of methoxy groups -OCH3 is 1. The summed E-state index contributed by atoms with van der Waals surface area (Å²) < 4.78 is 4.79. The van der Waals surface area contributed by atoms with Crippen LogP contribution in [-0.2, 0) is 4.74 Å². The number of rotatable bonds is 5. The molecule has 28 heavy (non-hydrogen) atoms. The molecule has 1 heterocycles. The smallest absolute Gasteiger partial charge is 0.339 e. The Morgan fingerprint density at radius 1 is 0.964 bits per heavy atom. The first-order chi connectivity index (χ1) is 13.5. The molecule has 6 heteroatoms. The van der Waals surface area contributed by atoms with Gasteiger partial charge in [0.1, 0.15) is 5.82 Å². The minimum Gasteiger partial charge on any atom is -0.465 e. The third-order valence-corrected chi connectivity index (χ3v) is 4.10. The number of carbonyl (C=O) groups is 2. The highest BCUT2D eigenvalue weighted by Crippen LogP contribution is 2.21. The van der Waals surface area contributed by atoms with Gasteiger partial charge in [0.05, 0.1) is 23.9 Å². The first-order valence-corrected chi connectivity index (χ1v) is 8.76. The number of hydrogen-bond donors (Lipinski definition) is 2. The Morgan fingerprint density at radius 2 is 1.68 bits per heavy atom. The van der Waals surface area contributed by atoms with E-state index < -0.39 is 5.97 Å². The molecule has 0 aliphatic heterocycles. The maximum Gasteiger partial charge on any atom is 0.339 e. The van der Waals surface area contributed by atoms with Crippen molar-refractivity contribution < 1.29 is 14.3 Å². The first-order valence-electron chi connectivity index (χ1n) is 8.76. The van der Waals surface area contributed by atoms with Crippen molar-refractivity contribution in [2.24, 2.45) is 0 Å². The SMILES string of the molecule is COC(=O)c1ccccc1Nc1ccc(C(=O)Nc2cc(C)cc(C)c2)cn1. The van der Waals surface area contributed by atoms with Gasteiger partial charge in [0, 0.05) is 11.9 Å². The average Bonchev–Trinajstić information content (AvgIpc) is 2.67. The van der Waals surface area contributed by atoms with Crippen LogP contribution in [0.1, 0.15) is 31.8 Å². The van der Waals surface area contributed by atoms with Gasteiger partial charge in [-0.3, -0.25) is 4.79 Å². The van der Waals surface area contributed by atoms with Gasteiger partial charge < -0.3 is 15.4 Å². The Balaban J connectivity index is 1.73. The van der Waals surface area contributed by atoms with Gasteiger partial charge in [-0.05, 0) is 61.4 Å². The van der Waals surface area contributed by atoms with Crippen molar-refractivity contribution in [1.82, 2.24) is 4.98 Å². The van der Waals surface area contributed by atoms with Crippen LogP contribution in [0.15, 0.2) is 60.8 Å². The number of carbonyl (C=O) groups excluding carboxylic acids is 2. The molecule has 1 aromatic heterocycles. The number of aryl methyl sites for hydroxylation is 2. The maximum absolute atomic E-state index is 12.5. The second-order valence-corrected chi connectivity index (χ2v) is 6.42. The summed E-state index contributed by atoms with van der Waals surface area (Å²) in [7, 11) is 1.33. The minimum absolute atomic E-state index is 0.237. The Bertz CT molecular complexity index is 994. The summed E-state index contributed by atoms with van der Waals surface area (Å²) in [5, 5.41) is 5.96. The fourth-order valence-corrected chi connectivity index (χ4v) is 2.87. The van der Waals surface area contributed by atoms with Gasteiger partial charge in [-0.1, -0.05) is 18.2 Å². The van der Waals surface area contributed by atoms with E-state index in [1.54, 1.807) is 36.4 Å². The van der Waals surface area contributed by atoms with Gasteiger partial charge in [-0.25, -0.2) is 9.78 Å². The molecule has 0 bridgehead atoms. The molecule has 0 fully saturated rings. The molecule has 1 amide bonds. The van der Waals surface area contributed by atoms with Gasteiger partial charge in [0.25, 0.3) is 5.91 Å². The number of ether oxygens (including phenoxy) is 1. The predicted molar refractivity (Wildman–Crippen MR) is 109 cm³/mol. The van der Waals surface area contributed by atoms with Crippen molar-refractivity contribution in [3.63, 3.8) is 0 Å². The molecule has 0 saturated heterocycles. The fraction of sp³-hybridized carbons (Fsp3) is 0.136. The number of pyridine rings is 1. The summed E-state index contributed by atoms with van der Waals surface area (Å²) in [6.45, 7) is 3.97. The van der Waals surface area contributed by atoms with Crippen molar-refractivity contribution in [2.75, 3.05) is 17.7 Å². The molecule has 3 aromatic rings. The highest BCUT2D eigenvalue weighted by molar-refractivity contribution is 6.04. The number of nitrogens with one attached hydrogen (secondary N) is 2. The van der Waals surface area contributed by atoms with Gasteiger partial charge in [-0.2, -0.15) is 0 Å². The van der Waals surface area contributed by atoms with E-state index in [0.29, 0.717) is 22.6 Å². The van der Waals surface area contributed by atoms with Crippen LogP contribution in [0, 0.1) is 13.8 Å². The van der Waals surface area contributed by atoms with E-state index in [2.05, 4.69) is 15.6 Å². The third-order valence-electron chi connectivity index (χ3n) is 4.10. The van der Waals surface area contributed by atoms with Crippen molar-refractivity contribution in [3.05, 3.63) is 83.0 Å². The van der Waals surface area contributed by atoms with E-state index in [4.69, 9.17) is 4.74 Å². The summed E-state index contributed by atoms with van der Waals surface area (Å²) in [6, 6.07) is 16.2. The number of benzene rings is 2. The summed E-state index contributed by atoms with van der Waals surface area (Å²) in [6.07, 6.45) is 1.49. The van der Waals surface area contributed by atoms with Crippen molar-refractivity contribution in [3.8, 4) is 0 Å². The molecule has 0 atom stereocenters. The second-order valence-electron chi connectivity index (χ2n) is 6.42. The van der Waals surface area contributed by atoms with Crippen LogP contribution in [-0.4, -0.2) is 24.0 Å². The van der Waals surface area contributed by atoms with Crippen LogP contribution in [0.2, 0.25) is 0 Å². The summed E-state index contributed by atoms with van der Waals surface area (Å²) in [5.41, 5.74) is 4.33. The quantitative estimate of drug-likeness (QED) is 0.643. The van der Waals surface area contributed by atoms with Crippen LogP contribution in [0.4, 0.5) is 17.2 Å². The summed E-state index contributed by atoms with van der Waals surface area (Å²) in [5.74, 6) is -0.161. The largest absolute Gasteiger partial charge is 0.465 e. The molecule has 0 aliphatic rings. The Kier molecular flexibility index (Phi) is 5.69. The van der Waals surface area contributed by atoms with E-state index >= 15 is 0 Å². The third kappa shape index (κ3) is 4.54. The predicted octanol–water partition coefficient (Wildman–Crippen LogP) is 4.48. The highest BCUT2D eigenvalue weighted by atomic mass is 16.5. The number of anilines is 3. The monoisotopic (exact) mass is 375 g/mol. The van der Waals surface area contributed by atoms with E-state index in [1.165, 1.54) is 13.3 Å². The van der Waals surface area contributed by atoms with E-state index in [1.807, 2.05) is 32.0 Å². The Labute approximate surface area is 163 Å². The van der Waals surface area contributed by atoms with E-state index in [-0.39, 0.29) is 5.91 Å². The zero-order valence-electron chi connectivity index (χ0n) is 15.9. The van der Waals surface area contributed by atoms with Gasteiger partial charge in [0.2, 0.25) is 0 Å². The summed E-state index contributed by atoms with van der Waals surface area (Å²) in [4.78, 5) is 28.6. The molecule has 3 rings (SSSR count). The average molecular weight is 375 g/mol. The molecule has 0 spiro atoms.